The summed E-state index contributed by atoms with van der Waals surface area (Å²) in [6.07, 6.45) is 1.03. The second kappa shape index (κ2) is 16.2. The number of amides is 1. The lowest BCUT2D eigenvalue weighted by atomic mass is 10.1. The average molecular weight is 567 g/mol. The molecule has 1 aromatic carbocycles. The van der Waals surface area contributed by atoms with Crippen molar-refractivity contribution in [3.63, 3.8) is 0 Å². The van der Waals surface area contributed by atoms with Gasteiger partial charge in [-0.25, -0.2) is 13.2 Å². The molecule has 34 heavy (non-hydrogen) atoms. The lowest BCUT2D eigenvalue weighted by Crippen LogP contribution is -2.35. The molecular formula is C23H36BrNO8S. The average Bonchev–Trinajstić information content (AvgIpc) is 2.80. The van der Waals surface area contributed by atoms with Gasteiger partial charge in [0.25, 0.3) is 0 Å². The minimum Gasteiger partial charge on any atom is -0.444 e. The van der Waals surface area contributed by atoms with Crippen LogP contribution in [0.1, 0.15) is 57.3 Å². The summed E-state index contributed by atoms with van der Waals surface area (Å²) in [6.45, 7) is 9.27. The zero-order chi connectivity index (χ0) is 25.6. The smallest absolute Gasteiger partial charge is 0.407 e. The Labute approximate surface area is 210 Å². The summed E-state index contributed by atoms with van der Waals surface area (Å²) in [5.41, 5.74) is 0.276. The van der Waals surface area contributed by atoms with Gasteiger partial charge in [-0.2, -0.15) is 0 Å². The molecule has 1 N–H and O–H groups in total. The van der Waals surface area contributed by atoms with E-state index >= 15 is 0 Å². The molecule has 1 amide bonds. The van der Waals surface area contributed by atoms with Gasteiger partial charge in [-0.3, -0.25) is 4.79 Å². The third kappa shape index (κ3) is 12.8. The van der Waals surface area contributed by atoms with Crippen LogP contribution in [0.3, 0.4) is 0 Å². The van der Waals surface area contributed by atoms with Crippen LogP contribution in [-0.4, -0.2) is 71.6 Å². The van der Waals surface area contributed by atoms with Gasteiger partial charge in [0.1, 0.15) is 6.10 Å². The Morgan fingerprint density at radius 1 is 1.00 bits per heavy atom. The molecule has 11 heteroatoms. The zero-order valence-electron chi connectivity index (χ0n) is 20.3. The molecule has 0 aliphatic carbocycles. The number of hydrogen-bond donors (Lipinski definition) is 1. The number of unbranched alkanes of at least 4 members (excludes halogenated alkanes) is 1. The van der Waals surface area contributed by atoms with Gasteiger partial charge in [-0.05, 0) is 45.7 Å². The second-order valence-electron chi connectivity index (χ2n) is 7.86. The number of benzene rings is 1. The van der Waals surface area contributed by atoms with Gasteiger partial charge in [0.15, 0.2) is 5.78 Å². The van der Waals surface area contributed by atoms with Gasteiger partial charge in [0, 0.05) is 12.2 Å². The fourth-order valence-electron chi connectivity index (χ4n) is 2.81. The van der Waals surface area contributed by atoms with Crippen molar-refractivity contribution in [2.75, 3.05) is 33.0 Å². The van der Waals surface area contributed by atoms with Gasteiger partial charge < -0.3 is 24.3 Å². The van der Waals surface area contributed by atoms with Crippen LogP contribution in [0.5, 0.6) is 0 Å². The number of carbonyl (C=O) groups is 2. The van der Waals surface area contributed by atoms with Crippen molar-refractivity contribution >= 4 is 35.0 Å². The van der Waals surface area contributed by atoms with E-state index in [1.54, 1.807) is 0 Å². The topological polar surface area (TPSA) is 117 Å². The van der Waals surface area contributed by atoms with E-state index in [4.69, 9.17) is 18.9 Å². The van der Waals surface area contributed by atoms with E-state index in [2.05, 4.69) is 20.1 Å². The SMILES string of the molecule is CCCCC(COC(C)COC(C)COCC)OC(=O)NCC(=O)c1ccc(S(=O)(=O)Br)cc1. The summed E-state index contributed by atoms with van der Waals surface area (Å²) in [7, 11) is -3.53. The van der Waals surface area contributed by atoms with Crippen LogP contribution in [0.2, 0.25) is 0 Å². The highest BCUT2D eigenvalue weighted by Crippen LogP contribution is 2.17. The predicted octanol–water partition coefficient (Wildman–Crippen LogP) is 4.08. The van der Waals surface area contributed by atoms with E-state index < -0.39 is 20.5 Å². The molecule has 3 atom stereocenters. The van der Waals surface area contributed by atoms with Crippen molar-refractivity contribution in [3.05, 3.63) is 29.8 Å². The van der Waals surface area contributed by atoms with Crippen molar-refractivity contribution in [2.45, 2.75) is 70.2 Å². The van der Waals surface area contributed by atoms with Crippen LogP contribution in [0.15, 0.2) is 29.2 Å². The van der Waals surface area contributed by atoms with Gasteiger partial charge in [0.05, 0.1) is 58.3 Å². The zero-order valence-corrected chi connectivity index (χ0v) is 22.7. The lowest BCUT2D eigenvalue weighted by Gasteiger charge is -2.22. The number of ketones is 1. The molecule has 1 rings (SSSR count). The number of alkyl carbamates (subject to hydrolysis) is 1. The van der Waals surface area contributed by atoms with Crippen LogP contribution in [0, 0.1) is 0 Å². The van der Waals surface area contributed by atoms with Crippen molar-refractivity contribution in [2.24, 2.45) is 0 Å². The molecule has 0 fully saturated rings. The maximum Gasteiger partial charge on any atom is 0.407 e. The van der Waals surface area contributed by atoms with Gasteiger partial charge >= 0.3 is 6.09 Å². The molecule has 9 nitrogen and oxygen atoms in total. The van der Waals surface area contributed by atoms with Gasteiger partial charge in [-0.15, -0.1) is 0 Å². The first-order valence-electron chi connectivity index (χ1n) is 11.4. The van der Waals surface area contributed by atoms with E-state index in [9.17, 15) is 18.0 Å². The largest absolute Gasteiger partial charge is 0.444 e. The number of hydrogen-bond acceptors (Lipinski definition) is 8. The first-order valence-corrected chi connectivity index (χ1v) is 14.7. The highest BCUT2D eigenvalue weighted by molar-refractivity contribution is 9.47. The molecule has 0 aromatic heterocycles. The Bertz CT molecular complexity index is 847. The number of Topliss-reactive ketones (excluding diaryl/α,β-unsaturated/α-hetero) is 1. The Balaban J connectivity index is 2.48. The number of halogens is 1. The van der Waals surface area contributed by atoms with Crippen LogP contribution in [-0.2, 0) is 27.2 Å². The Kier molecular flexibility index (Phi) is 14.5. The van der Waals surface area contributed by atoms with Crippen molar-refractivity contribution in [3.8, 4) is 0 Å². The van der Waals surface area contributed by atoms with Crippen molar-refractivity contribution in [1.29, 1.82) is 0 Å². The molecule has 0 saturated heterocycles. The fourth-order valence-corrected chi connectivity index (χ4v) is 3.92. The fraction of sp³-hybridized carbons (Fsp3) is 0.652. The first-order chi connectivity index (χ1) is 16.1. The van der Waals surface area contributed by atoms with E-state index in [1.807, 2.05) is 27.7 Å². The van der Waals surface area contributed by atoms with Gasteiger partial charge in [0.2, 0.25) is 8.27 Å². The third-order valence-corrected chi connectivity index (χ3v) is 6.70. The van der Waals surface area contributed by atoms with Crippen LogP contribution >= 0.6 is 14.8 Å². The monoisotopic (exact) mass is 565 g/mol. The Morgan fingerprint density at radius 3 is 2.21 bits per heavy atom. The van der Waals surface area contributed by atoms with Crippen LogP contribution in [0.4, 0.5) is 4.79 Å². The van der Waals surface area contributed by atoms with E-state index in [1.165, 1.54) is 24.3 Å². The number of rotatable bonds is 17. The third-order valence-electron chi connectivity index (χ3n) is 4.74. The van der Waals surface area contributed by atoms with E-state index in [0.717, 1.165) is 12.8 Å². The summed E-state index contributed by atoms with van der Waals surface area (Å²) in [6, 6.07) is 5.41. The molecule has 0 aliphatic rings. The quantitative estimate of drug-likeness (QED) is 0.222. The molecule has 194 valence electrons. The summed E-state index contributed by atoms with van der Waals surface area (Å²) < 4.78 is 45.2. The highest BCUT2D eigenvalue weighted by Gasteiger charge is 2.18. The molecule has 3 unspecified atom stereocenters. The molecule has 0 radical (unpaired) electrons. The maximum atomic E-state index is 12.3. The van der Waals surface area contributed by atoms with Gasteiger partial charge in [-0.1, -0.05) is 25.5 Å². The first kappa shape index (κ1) is 30.5. The Hall–Kier alpha value is -1.53. The minimum atomic E-state index is -3.53. The second-order valence-corrected chi connectivity index (χ2v) is 11.8. The van der Waals surface area contributed by atoms with Crippen molar-refractivity contribution < 1.29 is 37.0 Å². The summed E-state index contributed by atoms with van der Waals surface area (Å²) >= 11 is 2.58. The molecule has 0 saturated carbocycles. The standard InChI is InChI=1S/C23H36BrNO8S/c1-5-7-8-20(16-32-18(4)15-31-17(3)14-30-6-2)33-23(27)25-13-22(26)19-9-11-21(12-10-19)34(24,28)29/h9-12,17-18,20H,5-8,13-16H2,1-4H3,(H,25,27). The van der Waals surface area contributed by atoms with E-state index in [0.29, 0.717) is 26.2 Å². The van der Waals surface area contributed by atoms with Crippen LogP contribution in [0.25, 0.3) is 0 Å². The molecule has 1 aromatic rings. The predicted molar refractivity (Wildman–Crippen MR) is 132 cm³/mol. The number of nitrogens with one attached hydrogen (secondary N) is 1. The van der Waals surface area contributed by atoms with Crippen LogP contribution < -0.4 is 5.32 Å². The number of carbonyl (C=O) groups excluding carboxylic acids is 2. The minimum absolute atomic E-state index is 0.0402. The molecular weight excluding hydrogens is 530 g/mol. The summed E-state index contributed by atoms with van der Waals surface area (Å²) in [4.78, 5) is 24.6. The molecule has 0 spiro atoms. The highest BCUT2D eigenvalue weighted by atomic mass is 79.9. The summed E-state index contributed by atoms with van der Waals surface area (Å²) in [5, 5.41) is 2.45. The molecule has 0 bridgehead atoms. The Morgan fingerprint density at radius 2 is 1.62 bits per heavy atom. The molecule has 0 heterocycles. The lowest BCUT2D eigenvalue weighted by molar-refractivity contribution is -0.0735. The maximum absolute atomic E-state index is 12.3. The van der Waals surface area contributed by atoms with E-state index in [-0.39, 0.29) is 41.6 Å². The normalized spacial score (nSPS) is 14.3. The summed E-state index contributed by atoms with van der Waals surface area (Å²) in [5.74, 6) is -0.372. The van der Waals surface area contributed by atoms with Crippen molar-refractivity contribution in [1.82, 2.24) is 5.32 Å². The molecule has 0 aliphatic heterocycles. The number of ether oxygens (including phenoxy) is 4.